The molecule has 4 rings (SSSR count). The summed E-state index contributed by atoms with van der Waals surface area (Å²) in [6.07, 6.45) is 5.40. The normalized spacial score (nSPS) is 11.1. The van der Waals surface area contributed by atoms with Crippen molar-refractivity contribution in [1.82, 2.24) is 9.78 Å². The minimum absolute atomic E-state index is 0.00217. The Morgan fingerprint density at radius 1 is 1.04 bits per heavy atom. The lowest BCUT2D eigenvalue weighted by atomic mass is 10.1. The van der Waals surface area contributed by atoms with Gasteiger partial charge >= 0.3 is 0 Å². The summed E-state index contributed by atoms with van der Waals surface area (Å²) < 4.78 is 2.82. The predicted octanol–water partition coefficient (Wildman–Crippen LogP) is 6.26. The van der Waals surface area contributed by atoms with Crippen LogP contribution in [0.5, 0.6) is 0 Å². The van der Waals surface area contributed by atoms with Gasteiger partial charge in [0.1, 0.15) is 0 Å². The second-order valence-corrected chi connectivity index (χ2v) is 7.76. The van der Waals surface area contributed by atoms with Crippen molar-refractivity contribution < 1.29 is 4.79 Å². The first-order valence-electron chi connectivity index (χ1n) is 8.38. The molecule has 2 aromatic heterocycles. The van der Waals surface area contributed by atoms with Crippen LogP contribution in [0.2, 0.25) is 0 Å². The van der Waals surface area contributed by atoms with Crippen LogP contribution in [0.25, 0.3) is 23.0 Å². The zero-order valence-corrected chi connectivity index (χ0v) is 16.7. The van der Waals surface area contributed by atoms with Crippen molar-refractivity contribution in [2.45, 2.75) is 0 Å². The topological polar surface area (TPSA) is 34.9 Å². The van der Waals surface area contributed by atoms with Gasteiger partial charge < -0.3 is 0 Å². The summed E-state index contributed by atoms with van der Waals surface area (Å²) >= 11 is 4.96. The second kappa shape index (κ2) is 7.86. The number of thiophene rings is 1. The van der Waals surface area contributed by atoms with E-state index in [0.29, 0.717) is 0 Å². The lowest BCUT2D eigenvalue weighted by Crippen LogP contribution is -1.93. The zero-order valence-electron chi connectivity index (χ0n) is 14.2. The maximum absolute atomic E-state index is 12.3. The number of ketones is 1. The van der Waals surface area contributed by atoms with E-state index in [9.17, 15) is 4.79 Å². The van der Waals surface area contributed by atoms with Crippen molar-refractivity contribution in [2.24, 2.45) is 0 Å². The first-order valence-corrected chi connectivity index (χ1v) is 10.0. The van der Waals surface area contributed by atoms with E-state index < -0.39 is 0 Å². The SMILES string of the molecule is O=C(/C=C/c1cn(-c2ccccc2)nc1-c1cccc(Br)c1)c1cccs1. The molecule has 0 aliphatic rings. The molecule has 0 amide bonds. The zero-order chi connectivity index (χ0) is 18.6. The summed E-state index contributed by atoms with van der Waals surface area (Å²) in [7, 11) is 0. The van der Waals surface area contributed by atoms with Crippen LogP contribution in [0.4, 0.5) is 0 Å². The summed E-state index contributed by atoms with van der Waals surface area (Å²) in [5.74, 6) is -0.00217. The van der Waals surface area contributed by atoms with Crippen LogP contribution in [0.3, 0.4) is 0 Å². The van der Waals surface area contributed by atoms with Crippen LogP contribution in [0.1, 0.15) is 15.2 Å². The Bertz CT molecular complexity index is 1100. The largest absolute Gasteiger partial charge is 0.288 e. The molecule has 0 radical (unpaired) electrons. The fourth-order valence-electron chi connectivity index (χ4n) is 2.75. The summed E-state index contributed by atoms with van der Waals surface area (Å²) in [4.78, 5) is 13.1. The molecule has 0 aliphatic heterocycles. The van der Waals surface area contributed by atoms with E-state index in [1.54, 1.807) is 6.08 Å². The minimum atomic E-state index is -0.00217. The predicted molar refractivity (Wildman–Crippen MR) is 114 cm³/mol. The number of halogens is 1. The van der Waals surface area contributed by atoms with E-state index in [4.69, 9.17) is 5.10 Å². The van der Waals surface area contributed by atoms with Crippen LogP contribution in [0.15, 0.2) is 88.9 Å². The van der Waals surface area contributed by atoms with Crippen molar-refractivity contribution in [3.63, 3.8) is 0 Å². The van der Waals surface area contributed by atoms with Gasteiger partial charge in [0, 0.05) is 21.8 Å². The van der Waals surface area contributed by atoms with Gasteiger partial charge in [0.15, 0.2) is 5.78 Å². The van der Waals surface area contributed by atoms with Gasteiger partial charge in [-0.05, 0) is 47.9 Å². The van der Waals surface area contributed by atoms with Crippen LogP contribution in [-0.2, 0) is 0 Å². The number of allylic oxidation sites excluding steroid dienone is 1. The highest BCUT2D eigenvalue weighted by Crippen LogP contribution is 2.27. The number of carbonyl (C=O) groups excluding carboxylic acids is 1. The van der Waals surface area contributed by atoms with E-state index in [1.165, 1.54) is 11.3 Å². The third-order valence-corrected chi connectivity index (χ3v) is 5.42. The fourth-order valence-corrected chi connectivity index (χ4v) is 3.79. The van der Waals surface area contributed by atoms with Gasteiger partial charge in [0.2, 0.25) is 0 Å². The maximum Gasteiger partial charge on any atom is 0.195 e. The number of aromatic nitrogens is 2. The molecule has 0 saturated heterocycles. The van der Waals surface area contributed by atoms with E-state index in [1.807, 2.05) is 89.1 Å². The first-order chi connectivity index (χ1) is 13.2. The number of hydrogen-bond donors (Lipinski definition) is 0. The Balaban J connectivity index is 1.76. The highest BCUT2D eigenvalue weighted by Gasteiger charge is 2.12. The average Bonchev–Trinajstić information content (AvgIpc) is 3.37. The van der Waals surface area contributed by atoms with E-state index >= 15 is 0 Å². The Hall–Kier alpha value is -2.76. The highest BCUT2D eigenvalue weighted by atomic mass is 79.9. The molecule has 132 valence electrons. The molecule has 0 aliphatic carbocycles. The van der Waals surface area contributed by atoms with Gasteiger partial charge in [-0.3, -0.25) is 4.79 Å². The standard InChI is InChI=1S/C22H15BrN2OS/c23-18-7-4-6-16(14-18)22-17(11-12-20(26)21-10-5-13-27-21)15-25(24-22)19-8-2-1-3-9-19/h1-15H/b12-11+. The smallest absolute Gasteiger partial charge is 0.195 e. The molecule has 0 atom stereocenters. The third-order valence-electron chi connectivity index (χ3n) is 4.04. The number of hydrogen-bond acceptors (Lipinski definition) is 3. The van der Waals surface area contributed by atoms with Gasteiger partial charge in [-0.15, -0.1) is 11.3 Å². The van der Waals surface area contributed by atoms with Gasteiger partial charge in [-0.25, -0.2) is 4.68 Å². The number of benzene rings is 2. The number of rotatable bonds is 5. The van der Waals surface area contributed by atoms with Gasteiger partial charge in [0.05, 0.1) is 16.3 Å². The lowest BCUT2D eigenvalue weighted by molar-refractivity contribution is 0.105. The molecule has 27 heavy (non-hydrogen) atoms. The molecule has 0 unspecified atom stereocenters. The van der Waals surface area contributed by atoms with E-state index in [-0.39, 0.29) is 5.78 Å². The Labute approximate surface area is 169 Å². The van der Waals surface area contributed by atoms with Crippen LogP contribution in [-0.4, -0.2) is 15.6 Å². The number of nitrogens with zero attached hydrogens (tertiary/aromatic N) is 2. The fraction of sp³-hybridized carbons (Fsp3) is 0. The molecule has 0 fully saturated rings. The quantitative estimate of drug-likeness (QED) is 0.274. The summed E-state index contributed by atoms with van der Waals surface area (Å²) in [6, 6.07) is 21.6. The van der Waals surface area contributed by atoms with Crippen molar-refractivity contribution >= 4 is 39.1 Å². The Morgan fingerprint density at radius 2 is 1.89 bits per heavy atom. The van der Waals surface area contributed by atoms with Crippen LogP contribution in [0, 0.1) is 0 Å². The third kappa shape index (κ3) is 3.99. The Morgan fingerprint density at radius 3 is 2.63 bits per heavy atom. The second-order valence-electron chi connectivity index (χ2n) is 5.90. The molecular formula is C22H15BrN2OS. The molecule has 4 aromatic rings. The van der Waals surface area contributed by atoms with Gasteiger partial charge in [-0.1, -0.05) is 52.3 Å². The molecule has 0 bridgehead atoms. The summed E-state index contributed by atoms with van der Waals surface area (Å²) in [5.41, 5.74) is 3.68. The average molecular weight is 435 g/mol. The van der Waals surface area contributed by atoms with E-state index in [2.05, 4.69) is 15.9 Å². The minimum Gasteiger partial charge on any atom is -0.288 e. The highest BCUT2D eigenvalue weighted by molar-refractivity contribution is 9.10. The number of para-hydroxylation sites is 1. The molecule has 5 heteroatoms. The monoisotopic (exact) mass is 434 g/mol. The molecular weight excluding hydrogens is 420 g/mol. The molecule has 2 heterocycles. The summed E-state index contributed by atoms with van der Waals surface area (Å²) in [6.45, 7) is 0. The van der Waals surface area contributed by atoms with Crippen molar-refractivity contribution in [1.29, 1.82) is 0 Å². The van der Waals surface area contributed by atoms with Crippen molar-refractivity contribution in [3.8, 4) is 16.9 Å². The lowest BCUT2D eigenvalue weighted by Gasteiger charge is -2.01. The van der Waals surface area contributed by atoms with Gasteiger partial charge in [0.25, 0.3) is 0 Å². The van der Waals surface area contributed by atoms with Gasteiger partial charge in [-0.2, -0.15) is 5.10 Å². The molecule has 0 N–H and O–H groups in total. The van der Waals surface area contributed by atoms with Crippen molar-refractivity contribution in [3.05, 3.63) is 99.3 Å². The molecule has 0 spiro atoms. The van der Waals surface area contributed by atoms with Crippen LogP contribution < -0.4 is 0 Å². The maximum atomic E-state index is 12.3. The van der Waals surface area contributed by atoms with E-state index in [0.717, 1.165) is 31.9 Å². The van der Waals surface area contributed by atoms with Crippen molar-refractivity contribution in [2.75, 3.05) is 0 Å². The number of carbonyl (C=O) groups is 1. The van der Waals surface area contributed by atoms with Crippen LogP contribution >= 0.6 is 27.3 Å². The molecule has 0 saturated carbocycles. The molecule has 3 nitrogen and oxygen atoms in total. The molecule has 2 aromatic carbocycles. The first kappa shape index (κ1) is 17.6. The Kier molecular flexibility index (Phi) is 5.14. The summed E-state index contributed by atoms with van der Waals surface area (Å²) in [5, 5.41) is 6.67.